The first-order valence-corrected chi connectivity index (χ1v) is 8.88. The molecule has 102 valence electrons. The van der Waals surface area contributed by atoms with Gasteiger partial charge >= 0.3 is 0 Å². The van der Waals surface area contributed by atoms with Crippen molar-refractivity contribution < 1.29 is 8.42 Å². The van der Waals surface area contributed by atoms with Crippen molar-refractivity contribution in [1.82, 2.24) is 3.71 Å². The molecule has 0 fully saturated rings. The van der Waals surface area contributed by atoms with E-state index in [4.69, 9.17) is 0 Å². The van der Waals surface area contributed by atoms with Crippen LogP contribution in [0.4, 0.5) is 0 Å². The standard InChI is InChI=1S/C14H17NO2S2/c1-3-19(16,17)15(18-2)11-12-8-9-13-6-4-5-7-14(13)10-12/h4-10H,3,11H2,1-2H3. The number of hydrogen-bond acceptors (Lipinski definition) is 3. The second-order valence-electron chi connectivity index (χ2n) is 4.23. The maximum atomic E-state index is 11.9. The third-order valence-electron chi connectivity index (χ3n) is 3.00. The average molecular weight is 295 g/mol. The van der Waals surface area contributed by atoms with E-state index >= 15 is 0 Å². The summed E-state index contributed by atoms with van der Waals surface area (Å²) < 4.78 is 25.2. The van der Waals surface area contributed by atoms with Crippen molar-refractivity contribution in [1.29, 1.82) is 0 Å². The van der Waals surface area contributed by atoms with Crippen LogP contribution in [0.2, 0.25) is 0 Å². The zero-order valence-corrected chi connectivity index (χ0v) is 12.7. The van der Waals surface area contributed by atoms with Gasteiger partial charge in [-0.1, -0.05) is 48.3 Å². The molecule has 0 N–H and O–H groups in total. The molecule has 2 aromatic carbocycles. The first kappa shape index (κ1) is 14.4. The molecule has 0 heterocycles. The zero-order valence-electron chi connectivity index (χ0n) is 11.0. The fraction of sp³-hybridized carbons (Fsp3) is 0.286. The molecule has 0 atom stereocenters. The van der Waals surface area contributed by atoms with E-state index < -0.39 is 10.0 Å². The summed E-state index contributed by atoms with van der Waals surface area (Å²) in [4.78, 5) is 0. The fourth-order valence-electron chi connectivity index (χ4n) is 1.91. The normalized spacial score (nSPS) is 12.2. The maximum absolute atomic E-state index is 11.9. The molecule has 2 rings (SSSR count). The van der Waals surface area contributed by atoms with Crippen molar-refractivity contribution in [2.45, 2.75) is 13.5 Å². The Labute approximate surface area is 118 Å². The second-order valence-corrected chi connectivity index (χ2v) is 7.44. The minimum Gasteiger partial charge on any atom is -0.211 e. The number of rotatable bonds is 5. The van der Waals surface area contributed by atoms with Crippen LogP contribution in [0.15, 0.2) is 42.5 Å². The molecule has 0 bridgehead atoms. The maximum Gasteiger partial charge on any atom is 0.223 e. The van der Waals surface area contributed by atoms with E-state index in [0.717, 1.165) is 10.9 Å². The third-order valence-corrected chi connectivity index (χ3v) is 6.15. The van der Waals surface area contributed by atoms with Gasteiger partial charge in [0.25, 0.3) is 0 Å². The smallest absolute Gasteiger partial charge is 0.211 e. The molecule has 0 saturated heterocycles. The molecule has 3 nitrogen and oxygen atoms in total. The van der Waals surface area contributed by atoms with E-state index in [1.165, 1.54) is 21.0 Å². The lowest BCUT2D eigenvalue weighted by molar-refractivity contribution is 0.542. The molecule has 0 unspecified atom stereocenters. The zero-order chi connectivity index (χ0) is 13.9. The van der Waals surface area contributed by atoms with Crippen LogP contribution in [0.25, 0.3) is 10.8 Å². The van der Waals surface area contributed by atoms with E-state index in [-0.39, 0.29) is 5.75 Å². The van der Waals surface area contributed by atoms with Crippen LogP contribution in [-0.2, 0) is 16.6 Å². The first-order chi connectivity index (χ1) is 9.06. The summed E-state index contributed by atoms with van der Waals surface area (Å²) in [5.41, 5.74) is 1.00. The van der Waals surface area contributed by atoms with Crippen molar-refractivity contribution in [2.24, 2.45) is 0 Å². The third kappa shape index (κ3) is 3.29. The molecule has 0 spiro atoms. The number of sulfonamides is 1. The lowest BCUT2D eigenvalue weighted by atomic mass is 10.1. The topological polar surface area (TPSA) is 37.4 Å². The summed E-state index contributed by atoms with van der Waals surface area (Å²) in [5.74, 6) is 0.126. The number of nitrogens with zero attached hydrogens (tertiary/aromatic N) is 1. The van der Waals surface area contributed by atoms with Gasteiger partial charge in [-0.25, -0.2) is 8.42 Å². The first-order valence-electron chi connectivity index (χ1n) is 6.09. The van der Waals surface area contributed by atoms with Crippen molar-refractivity contribution in [2.75, 3.05) is 12.0 Å². The van der Waals surface area contributed by atoms with Gasteiger partial charge in [0.1, 0.15) is 0 Å². The minimum absolute atomic E-state index is 0.126. The van der Waals surface area contributed by atoms with Crippen LogP contribution < -0.4 is 0 Å². The predicted molar refractivity (Wildman–Crippen MR) is 82.5 cm³/mol. The Balaban J connectivity index is 2.30. The van der Waals surface area contributed by atoms with Gasteiger partial charge in [-0.05, 0) is 35.6 Å². The Morgan fingerprint density at radius 2 is 1.79 bits per heavy atom. The molecule has 0 amide bonds. The summed E-state index contributed by atoms with van der Waals surface area (Å²) in [7, 11) is -3.17. The largest absolute Gasteiger partial charge is 0.223 e. The van der Waals surface area contributed by atoms with Crippen molar-refractivity contribution >= 4 is 32.7 Å². The average Bonchev–Trinajstić information content (AvgIpc) is 2.44. The lowest BCUT2D eigenvalue weighted by Gasteiger charge is -2.18. The number of benzene rings is 2. The van der Waals surface area contributed by atoms with Gasteiger partial charge in [0.05, 0.1) is 5.75 Å². The van der Waals surface area contributed by atoms with Gasteiger partial charge < -0.3 is 0 Å². The van der Waals surface area contributed by atoms with E-state index in [0.29, 0.717) is 6.54 Å². The van der Waals surface area contributed by atoms with Gasteiger partial charge in [0.15, 0.2) is 0 Å². The monoisotopic (exact) mass is 295 g/mol. The number of fused-ring (bicyclic) bond motifs is 1. The molecule has 0 aromatic heterocycles. The molecule has 0 radical (unpaired) electrons. The van der Waals surface area contributed by atoms with Crippen molar-refractivity contribution in [3.63, 3.8) is 0 Å². The van der Waals surface area contributed by atoms with Crippen LogP contribution in [-0.4, -0.2) is 24.1 Å². The molecule has 2 aromatic rings. The van der Waals surface area contributed by atoms with Crippen molar-refractivity contribution in [3.05, 3.63) is 48.0 Å². The summed E-state index contributed by atoms with van der Waals surface area (Å²) in [6, 6.07) is 14.1. The van der Waals surface area contributed by atoms with Crippen LogP contribution in [0.1, 0.15) is 12.5 Å². The molecule has 0 aliphatic carbocycles. The summed E-state index contributed by atoms with van der Waals surface area (Å²) in [6.45, 7) is 2.07. The Hall–Kier alpha value is -1.04. The molecule has 19 heavy (non-hydrogen) atoms. The van der Waals surface area contributed by atoms with Gasteiger partial charge in [0.2, 0.25) is 10.0 Å². The highest BCUT2D eigenvalue weighted by molar-refractivity contribution is 8.08. The second kappa shape index (κ2) is 5.94. The minimum atomic E-state index is -3.17. The van der Waals surface area contributed by atoms with Gasteiger partial charge in [0, 0.05) is 6.54 Å². The lowest BCUT2D eigenvalue weighted by Crippen LogP contribution is -2.25. The van der Waals surface area contributed by atoms with Crippen LogP contribution in [0.5, 0.6) is 0 Å². The molecular weight excluding hydrogens is 278 g/mol. The van der Waals surface area contributed by atoms with Crippen LogP contribution >= 0.6 is 11.9 Å². The highest BCUT2D eigenvalue weighted by Crippen LogP contribution is 2.21. The highest BCUT2D eigenvalue weighted by atomic mass is 32.3. The van der Waals surface area contributed by atoms with Crippen molar-refractivity contribution in [3.8, 4) is 0 Å². The van der Waals surface area contributed by atoms with E-state index in [1.807, 2.05) is 42.5 Å². The summed E-state index contributed by atoms with van der Waals surface area (Å²) in [5, 5.41) is 2.30. The highest BCUT2D eigenvalue weighted by Gasteiger charge is 2.19. The van der Waals surface area contributed by atoms with Crippen LogP contribution in [0.3, 0.4) is 0 Å². The van der Waals surface area contributed by atoms with Gasteiger partial charge in [-0.3, -0.25) is 0 Å². The SMILES string of the molecule is CCS(=O)(=O)N(Cc1ccc2ccccc2c1)SC. The molecule has 0 saturated carbocycles. The van der Waals surface area contributed by atoms with Gasteiger partial charge in [-0.2, -0.15) is 0 Å². The predicted octanol–water partition coefficient (Wildman–Crippen LogP) is 3.27. The van der Waals surface area contributed by atoms with E-state index in [9.17, 15) is 8.42 Å². The van der Waals surface area contributed by atoms with Gasteiger partial charge in [-0.15, -0.1) is 3.71 Å². The molecular formula is C14H17NO2S2. The van der Waals surface area contributed by atoms with E-state index in [1.54, 1.807) is 13.2 Å². The quantitative estimate of drug-likeness (QED) is 0.795. The molecule has 5 heteroatoms. The Morgan fingerprint density at radius 1 is 1.11 bits per heavy atom. The molecule has 0 aliphatic rings. The van der Waals surface area contributed by atoms with E-state index in [2.05, 4.69) is 0 Å². The fourth-order valence-corrected chi connectivity index (χ4v) is 4.04. The number of hydrogen-bond donors (Lipinski definition) is 0. The Morgan fingerprint density at radius 3 is 2.42 bits per heavy atom. The Kier molecular flexibility index (Phi) is 4.50. The Bertz CT molecular complexity index is 668. The molecule has 0 aliphatic heterocycles. The summed E-state index contributed by atoms with van der Waals surface area (Å²) in [6.07, 6.45) is 1.79. The summed E-state index contributed by atoms with van der Waals surface area (Å²) >= 11 is 1.25. The van der Waals surface area contributed by atoms with Crippen LogP contribution in [0, 0.1) is 0 Å².